The van der Waals surface area contributed by atoms with Crippen LogP contribution in [-0.4, -0.2) is 6.26 Å². The number of rotatable bonds is 4. The molecule has 0 amide bonds. The summed E-state index contributed by atoms with van der Waals surface area (Å²) >= 11 is 2.12. The van der Waals surface area contributed by atoms with Crippen LogP contribution in [0.4, 0.5) is 0 Å². The summed E-state index contributed by atoms with van der Waals surface area (Å²) in [6.07, 6.45) is 20.7. The highest BCUT2D eigenvalue weighted by molar-refractivity contribution is 7.98. The molecule has 0 N–H and O–H groups in total. The topological polar surface area (TPSA) is 0 Å². The Hall–Kier alpha value is -0.430. The molecule has 1 heteroatoms. The summed E-state index contributed by atoms with van der Waals surface area (Å²) in [5.41, 5.74) is 5.47. The monoisotopic (exact) mass is 406 g/mol. The number of fused-ring (bicyclic) bond motifs is 6. The van der Waals surface area contributed by atoms with E-state index >= 15 is 0 Å². The molecule has 156 valence electrons. The Kier molecular flexibility index (Phi) is 4.25. The Morgan fingerprint density at radius 2 is 1.03 bits per heavy atom. The zero-order valence-electron chi connectivity index (χ0n) is 18.2. The lowest BCUT2D eigenvalue weighted by atomic mass is 9.75. The van der Waals surface area contributed by atoms with Crippen LogP contribution in [0.1, 0.15) is 111 Å². The van der Waals surface area contributed by atoms with E-state index in [1.165, 1.54) is 57.8 Å². The van der Waals surface area contributed by atoms with E-state index in [-0.39, 0.29) is 0 Å². The van der Waals surface area contributed by atoms with Crippen LogP contribution in [0.5, 0.6) is 0 Å². The van der Waals surface area contributed by atoms with Crippen molar-refractivity contribution in [1.82, 2.24) is 0 Å². The van der Waals surface area contributed by atoms with Crippen molar-refractivity contribution in [3.63, 3.8) is 0 Å². The second-order valence-electron chi connectivity index (χ2n) is 12.1. The molecule has 6 aliphatic rings. The molecule has 6 bridgehead atoms. The SMILES string of the molecule is CSc1c(C2CC3CCC2C3)cc(C2CC3CCC2C3)cc1C1CC2CCC1C2. The second kappa shape index (κ2) is 6.78. The van der Waals surface area contributed by atoms with E-state index in [0.29, 0.717) is 0 Å². The lowest BCUT2D eigenvalue weighted by Gasteiger charge is -2.32. The molecule has 0 aromatic heterocycles. The molecule has 29 heavy (non-hydrogen) atoms. The van der Waals surface area contributed by atoms with Gasteiger partial charge in [-0.05, 0) is 134 Å². The number of hydrogen-bond donors (Lipinski definition) is 0. The van der Waals surface area contributed by atoms with Crippen molar-refractivity contribution < 1.29 is 0 Å². The van der Waals surface area contributed by atoms with Gasteiger partial charge in [-0.3, -0.25) is 0 Å². The van der Waals surface area contributed by atoms with Gasteiger partial charge in [-0.15, -0.1) is 11.8 Å². The molecule has 6 aliphatic carbocycles. The fraction of sp³-hybridized carbons (Fsp3) is 0.786. The zero-order valence-corrected chi connectivity index (χ0v) is 19.1. The van der Waals surface area contributed by atoms with Gasteiger partial charge in [0.15, 0.2) is 0 Å². The van der Waals surface area contributed by atoms with Crippen LogP contribution in [0.2, 0.25) is 0 Å². The van der Waals surface area contributed by atoms with Crippen LogP contribution >= 0.6 is 11.8 Å². The van der Waals surface area contributed by atoms with Gasteiger partial charge in [-0.1, -0.05) is 31.4 Å². The third-order valence-electron chi connectivity index (χ3n) is 10.8. The Bertz CT molecular complexity index is 762. The van der Waals surface area contributed by atoms with E-state index in [1.807, 2.05) is 11.1 Å². The van der Waals surface area contributed by atoms with Crippen molar-refractivity contribution in [3.05, 3.63) is 28.8 Å². The zero-order chi connectivity index (χ0) is 19.1. The second-order valence-corrected chi connectivity index (χ2v) is 12.9. The highest BCUT2D eigenvalue weighted by atomic mass is 32.2. The average molecular weight is 407 g/mol. The molecule has 6 fully saturated rings. The molecule has 1 aromatic rings. The molecule has 7 rings (SSSR count). The minimum absolute atomic E-state index is 0.895. The first-order valence-electron chi connectivity index (χ1n) is 13.0. The van der Waals surface area contributed by atoms with E-state index in [4.69, 9.17) is 0 Å². The van der Waals surface area contributed by atoms with E-state index < -0.39 is 0 Å². The van der Waals surface area contributed by atoms with Gasteiger partial charge in [0.25, 0.3) is 0 Å². The summed E-state index contributed by atoms with van der Waals surface area (Å²) in [6, 6.07) is 5.58. The summed E-state index contributed by atoms with van der Waals surface area (Å²) in [4.78, 5) is 1.76. The molecule has 1 aromatic carbocycles. The smallest absolute Gasteiger partial charge is 0.0139 e. The van der Waals surface area contributed by atoms with Gasteiger partial charge in [-0.25, -0.2) is 0 Å². The van der Waals surface area contributed by atoms with E-state index in [0.717, 1.165) is 53.3 Å². The van der Waals surface area contributed by atoms with Gasteiger partial charge in [-0.2, -0.15) is 0 Å². The van der Waals surface area contributed by atoms with Crippen molar-refractivity contribution in [1.29, 1.82) is 0 Å². The summed E-state index contributed by atoms with van der Waals surface area (Å²) in [5, 5.41) is 0. The van der Waals surface area contributed by atoms with Gasteiger partial charge in [0.05, 0.1) is 0 Å². The first-order valence-corrected chi connectivity index (χ1v) is 14.2. The molecule has 0 saturated heterocycles. The first-order chi connectivity index (χ1) is 14.3. The molecule has 0 nitrogen and oxygen atoms in total. The lowest BCUT2D eigenvalue weighted by Crippen LogP contribution is -2.17. The van der Waals surface area contributed by atoms with Gasteiger partial charge in [0, 0.05) is 4.90 Å². The highest BCUT2D eigenvalue weighted by Gasteiger charge is 2.46. The van der Waals surface area contributed by atoms with Gasteiger partial charge in [0.1, 0.15) is 0 Å². The molecule has 0 aliphatic heterocycles. The summed E-state index contributed by atoms with van der Waals surface area (Å²) in [7, 11) is 0. The van der Waals surface area contributed by atoms with E-state index in [1.54, 1.807) is 29.7 Å². The maximum atomic E-state index is 2.79. The summed E-state index contributed by atoms with van der Waals surface area (Å²) in [5.74, 6) is 8.89. The van der Waals surface area contributed by atoms with Crippen molar-refractivity contribution in [2.24, 2.45) is 35.5 Å². The van der Waals surface area contributed by atoms with Gasteiger partial charge < -0.3 is 0 Å². The maximum absolute atomic E-state index is 2.79. The minimum Gasteiger partial charge on any atom is -0.129 e. The summed E-state index contributed by atoms with van der Waals surface area (Å²) in [6.45, 7) is 0. The minimum atomic E-state index is 0.895. The van der Waals surface area contributed by atoms with Gasteiger partial charge >= 0.3 is 0 Å². The van der Waals surface area contributed by atoms with Crippen molar-refractivity contribution >= 4 is 11.8 Å². The quantitative estimate of drug-likeness (QED) is 0.455. The largest absolute Gasteiger partial charge is 0.129 e. The fourth-order valence-electron chi connectivity index (χ4n) is 9.60. The molecule has 9 unspecified atom stereocenters. The van der Waals surface area contributed by atoms with E-state index in [9.17, 15) is 0 Å². The van der Waals surface area contributed by atoms with Crippen molar-refractivity contribution in [2.75, 3.05) is 6.26 Å². The molecule has 0 radical (unpaired) electrons. The van der Waals surface area contributed by atoms with E-state index in [2.05, 4.69) is 30.2 Å². The van der Waals surface area contributed by atoms with Gasteiger partial charge in [0.2, 0.25) is 0 Å². The van der Waals surface area contributed by atoms with Crippen LogP contribution in [0.3, 0.4) is 0 Å². The number of benzene rings is 1. The third-order valence-corrected chi connectivity index (χ3v) is 11.7. The Morgan fingerprint density at radius 1 is 0.586 bits per heavy atom. The Morgan fingerprint density at radius 3 is 1.38 bits per heavy atom. The Labute approximate surface area is 182 Å². The average Bonchev–Trinajstić information content (AvgIpc) is 3.59. The Balaban J connectivity index is 1.34. The molecule has 0 spiro atoms. The predicted octanol–water partition coefficient (Wildman–Crippen LogP) is 8.12. The van der Waals surface area contributed by atoms with Crippen LogP contribution < -0.4 is 0 Å². The van der Waals surface area contributed by atoms with Crippen molar-refractivity contribution in [3.8, 4) is 0 Å². The summed E-state index contributed by atoms with van der Waals surface area (Å²) < 4.78 is 0. The number of thioether (sulfide) groups is 1. The third kappa shape index (κ3) is 2.78. The molecule has 6 saturated carbocycles. The molecular formula is C28H38S. The van der Waals surface area contributed by atoms with Crippen LogP contribution in [0.15, 0.2) is 17.0 Å². The fourth-order valence-corrected chi connectivity index (χ4v) is 10.5. The van der Waals surface area contributed by atoms with Crippen molar-refractivity contribution in [2.45, 2.75) is 99.7 Å². The predicted molar refractivity (Wildman–Crippen MR) is 123 cm³/mol. The van der Waals surface area contributed by atoms with Crippen LogP contribution in [0, 0.1) is 35.5 Å². The lowest BCUT2D eigenvalue weighted by molar-refractivity contribution is 0.397. The maximum Gasteiger partial charge on any atom is 0.0139 e. The number of hydrogen-bond acceptors (Lipinski definition) is 1. The van der Waals surface area contributed by atoms with Crippen LogP contribution in [-0.2, 0) is 0 Å². The normalized spacial score (nSPS) is 47.0. The standard InChI is InChI=1S/C28H38S/c1-29-28-26(24-12-17-3-6-20(24)9-17)14-22(23-11-16-2-5-19(23)8-16)15-27(28)25-13-18-4-7-21(25)10-18/h14-21,23-25H,2-13H2,1H3. The molecular weight excluding hydrogens is 368 g/mol. The highest BCUT2D eigenvalue weighted by Crippen LogP contribution is 2.60. The first kappa shape index (κ1) is 18.2. The molecule has 9 atom stereocenters. The van der Waals surface area contributed by atoms with Crippen LogP contribution in [0.25, 0.3) is 0 Å². The molecule has 0 heterocycles.